The maximum absolute atomic E-state index is 11.7. The molecule has 3 N–H and O–H groups in total. The molecule has 0 aliphatic heterocycles. The van der Waals surface area contributed by atoms with Crippen LogP contribution in [0, 0.1) is 5.92 Å². The van der Waals surface area contributed by atoms with Crippen LogP contribution < -0.4 is 5.73 Å². The first kappa shape index (κ1) is 21.1. The molecule has 0 radical (unpaired) electrons. The van der Waals surface area contributed by atoms with Gasteiger partial charge in [0.25, 0.3) is 0 Å². The number of Topliss-reactive ketones (excluding diaryl/α,β-unsaturated/α-hetero) is 1. The summed E-state index contributed by atoms with van der Waals surface area (Å²) in [5.41, 5.74) is 5.35. The van der Waals surface area contributed by atoms with E-state index in [0.29, 0.717) is 6.42 Å². The summed E-state index contributed by atoms with van der Waals surface area (Å²) < 4.78 is 0. The lowest BCUT2D eigenvalue weighted by Gasteiger charge is -2.08. The number of ketones is 1. The van der Waals surface area contributed by atoms with Gasteiger partial charge in [0, 0.05) is 19.4 Å². The molecule has 22 heavy (non-hydrogen) atoms. The van der Waals surface area contributed by atoms with E-state index in [1.165, 1.54) is 57.8 Å². The Morgan fingerprint density at radius 3 is 1.73 bits per heavy atom. The molecule has 0 aliphatic carbocycles. The van der Waals surface area contributed by atoms with Crippen LogP contribution in [0.2, 0.25) is 0 Å². The lowest BCUT2D eigenvalue weighted by atomic mass is 9.99. The standard InChI is InChI=1S/C18H35NO3/c1-2-3-4-5-6-7-8-9-10-11-12-13-17(20)14-16(15-19)18(21)22/h16H,2-15,19H2,1H3,(H,21,22). The third kappa shape index (κ3) is 12.8. The zero-order chi connectivity index (χ0) is 16.6. The number of rotatable bonds is 16. The maximum Gasteiger partial charge on any atom is 0.308 e. The van der Waals surface area contributed by atoms with Gasteiger partial charge in [-0.15, -0.1) is 0 Å². The van der Waals surface area contributed by atoms with Gasteiger partial charge in [-0.3, -0.25) is 9.59 Å². The third-order valence-corrected chi connectivity index (χ3v) is 4.17. The smallest absolute Gasteiger partial charge is 0.308 e. The molecule has 4 heteroatoms. The van der Waals surface area contributed by atoms with Crippen molar-refractivity contribution < 1.29 is 14.7 Å². The van der Waals surface area contributed by atoms with E-state index in [-0.39, 0.29) is 18.7 Å². The minimum atomic E-state index is -0.963. The highest BCUT2D eigenvalue weighted by Gasteiger charge is 2.18. The Balaban J connectivity index is 3.35. The number of carboxylic acids is 1. The summed E-state index contributed by atoms with van der Waals surface area (Å²) in [7, 11) is 0. The van der Waals surface area contributed by atoms with E-state index < -0.39 is 11.9 Å². The Bertz CT molecular complexity index is 292. The van der Waals surface area contributed by atoms with Gasteiger partial charge in [-0.2, -0.15) is 0 Å². The predicted molar refractivity (Wildman–Crippen MR) is 90.9 cm³/mol. The number of carboxylic acid groups (broad SMARTS) is 1. The molecule has 0 saturated heterocycles. The topological polar surface area (TPSA) is 80.4 Å². The number of hydrogen-bond acceptors (Lipinski definition) is 3. The molecular formula is C18H35NO3. The SMILES string of the molecule is CCCCCCCCCCCCCC(=O)CC(CN)C(=O)O. The van der Waals surface area contributed by atoms with Crippen LogP contribution in [0.1, 0.15) is 90.4 Å². The molecule has 130 valence electrons. The van der Waals surface area contributed by atoms with E-state index in [9.17, 15) is 9.59 Å². The molecule has 0 spiro atoms. The molecule has 0 aliphatic rings. The molecule has 0 aromatic rings. The predicted octanol–water partition coefficient (Wildman–Crippen LogP) is 4.31. The molecule has 0 aromatic carbocycles. The number of unbranched alkanes of at least 4 members (excludes halogenated alkanes) is 10. The Kier molecular flexibility index (Phi) is 14.4. The molecule has 0 fully saturated rings. The zero-order valence-corrected chi connectivity index (χ0v) is 14.3. The summed E-state index contributed by atoms with van der Waals surface area (Å²) in [6, 6.07) is 0. The van der Waals surface area contributed by atoms with Crippen LogP contribution in [-0.2, 0) is 9.59 Å². The second kappa shape index (κ2) is 15.0. The second-order valence-electron chi connectivity index (χ2n) is 6.30. The lowest BCUT2D eigenvalue weighted by Crippen LogP contribution is -2.25. The Hall–Kier alpha value is -0.900. The lowest BCUT2D eigenvalue weighted by molar-refractivity contribution is -0.143. The van der Waals surface area contributed by atoms with E-state index in [2.05, 4.69) is 6.92 Å². The fourth-order valence-corrected chi connectivity index (χ4v) is 2.63. The van der Waals surface area contributed by atoms with Crippen LogP contribution in [0.5, 0.6) is 0 Å². The number of carbonyl (C=O) groups is 2. The normalized spacial score (nSPS) is 12.3. The van der Waals surface area contributed by atoms with Crippen molar-refractivity contribution in [2.75, 3.05) is 6.54 Å². The summed E-state index contributed by atoms with van der Waals surface area (Å²) in [5, 5.41) is 8.85. The van der Waals surface area contributed by atoms with Crippen LogP contribution in [-0.4, -0.2) is 23.4 Å². The molecule has 0 heterocycles. The quantitative estimate of drug-likeness (QED) is 0.416. The molecule has 0 amide bonds. The van der Waals surface area contributed by atoms with Crippen molar-refractivity contribution in [3.05, 3.63) is 0 Å². The van der Waals surface area contributed by atoms with Gasteiger partial charge in [-0.1, -0.05) is 71.1 Å². The Morgan fingerprint density at radius 1 is 0.864 bits per heavy atom. The van der Waals surface area contributed by atoms with Gasteiger partial charge in [0.2, 0.25) is 0 Å². The molecular weight excluding hydrogens is 278 g/mol. The first-order valence-electron chi connectivity index (χ1n) is 9.06. The van der Waals surface area contributed by atoms with Crippen molar-refractivity contribution in [1.29, 1.82) is 0 Å². The van der Waals surface area contributed by atoms with Gasteiger partial charge in [0.1, 0.15) is 5.78 Å². The van der Waals surface area contributed by atoms with Gasteiger partial charge in [0.15, 0.2) is 0 Å². The summed E-state index contributed by atoms with van der Waals surface area (Å²) in [5.74, 6) is -1.64. The van der Waals surface area contributed by atoms with E-state index in [1.54, 1.807) is 0 Å². The van der Waals surface area contributed by atoms with Crippen LogP contribution in [0.4, 0.5) is 0 Å². The van der Waals surface area contributed by atoms with Crippen molar-refractivity contribution in [2.45, 2.75) is 90.4 Å². The highest BCUT2D eigenvalue weighted by Crippen LogP contribution is 2.13. The van der Waals surface area contributed by atoms with Gasteiger partial charge in [0.05, 0.1) is 5.92 Å². The van der Waals surface area contributed by atoms with E-state index >= 15 is 0 Å². The molecule has 1 unspecified atom stereocenters. The average molecular weight is 313 g/mol. The number of aliphatic carboxylic acids is 1. The first-order chi connectivity index (χ1) is 10.6. The summed E-state index contributed by atoms with van der Waals surface area (Å²) in [6.45, 7) is 2.28. The van der Waals surface area contributed by atoms with Crippen LogP contribution in [0.3, 0.4) is 0 Å². The Morgan fingerprint density at radius 2 is 1.32 bits per heavy atom. The van der Waals surface area contributed by atoms with Crippen molar-refractivity contribution >= 4 is 11.8 Å². The summed E-state index contributed by atoms with van der Waals surface area (Å²) in [4.78, 5) is 22.5. The molecule has 0 bridgehead atoms. The number of hydrogen-bond donors (Lipinski definition) is 2. The fourth-order valence-electron chi connectivity index (χ4n) is 2.63. The third-order valence-electron chi connectivity index (χ3n) is 4.17. The van der Waals surface area contributed by atoms with Gasteiger partial charge in [-0.05, 0) is 6.42 Å². The molecule has 0 rings (SSSR count). The van der Waals surface area contributed by atoms with Crippen LogP contribution in [0.25, 0.3) is 0 Å². The van der Waals surface area contributed by atoms with Crippen LogP contribution in [0.15, 0.2) is 0 Å². The minimum absolute atomic E-state index is 0.0359. The molecule has 1 atom stereocenters. The first-order valence-corrected chi connectivity index (χ1v) is 9.06. The highest BCUT2D eigenvalue weighted by molar-refractivity contribution is 5.83. The Labute approximate surface area is 135 Å². The largest absolute Gasteiger partial charge is 0.481 e. The van der Waals surface area contributed by atoms with Gasteiger partial charge >= 0.3 is 5.97 Å². The maximum atomic E-state index is 11.7. The molecule has 0 saturated carbocycles. The highest BCUT2D eigenvalue weighted by atomic mass is 16.4. The molecule has 0 aromatic heterocycles. The van der Waals surface area contributed by atoms with Crippen molar-refractivity contribution in [3.63, 3.8) is 0 Å². The summed E-state index contributed by atoms with van der Waals surface area (Å²) in [6.07, 6.45) is 14.4. The van der Waals surface area contributed by atoms with Crippen LogP contribution >= 0.6 is 0 Å². The van der Waals surface area contributed by atoms with E-state index in [1.807, 2.05) is 0 Å². The van der Waals surface area contributed by atoms with E-state index in [0.717, 1.165) is 12.8 Å². The van der Waals surface area contributed by atoms with E-state index in [4.69, 9.17) is 10.8 Å². The average Bonchev–Trinajstić information content (AvgIpc) is 2.50. The molecule has 4 nitrogen and oxygen atoms in total. The van der Waals surface area contributed by atoms with Crippen molar-refractivity contribution in [1.82, 2.24) is 0 Å². The number of nitrogens with two attached hydrogens (primary N) is 1. The monoisotopic (exact) mass is 313 g/mol. The summed E-state index contributed by atoms with van der Waals surface area (Å²) >= 11 is 0. The second-order valence-corrected chi connectivity index (χ2v) is 6.30. The van der Waals surface area contributed by atoms with Gasteiger partial charge < -0.3 is 10.8 Å². The minimum Gasteiger partial charge on any atom is -0.481 e. The van der Waals surface area contributed by atoms with Gasteiger partial charge in [-0.25, -0.2) is 0 Å². The zero-order valence-electron chi connectivity index (χ0n) is 14.3. The van der Waals surface area contributed by atoms with Crippen molar-refractivity contribution in [2.24, 2.45) is 11.7 Å². The van der Waals surface area contributed by atoms with Crippen molar-refractivity contribution in [3.8, 4) is 0 Å². The number of carbonyl (C=O) groups excluding carboxylic acids is 1. The fraction of sp³-hybridized carbons (Fsp3) is 0.889.